The minimum absolute atomic E-state index is 0.0757. The lowest BCUT2D eigenvalue weighted by Crippen LogP contribution is -2.27. The average Bonchev–Trinajstić information content (AvgIpc) is 3.17. The van der Waals surface area contributed by atoms with E-state index in [1.165, 1.54) is 0 Å². The second-order valence-electron chi connectivity index (χ2n) is 6.21. The van der Waals surface area contributed by atoms with Gasteiger partial charge in [0.2, 0.25) is 11.8 Å². The maximum Gasteiger partial charge on any atom is 0.418 e. The van der Waals surface area contributed by atoms with Crippen molar-refractivity contribution in [3.63, 3.8) is 0 Å². The van der Waals surface area contributed by atoms with E-state index in [0.29, 0.717) is 18.1 Å². The van der Waals surface area contributed by atoms with E-state index in [1.54, 1.807) is 12.1 Å². The van der Waals surface area contributed by atoms with Crippen LogP contribution in [-0.2, 0) is 0 Å². The summed E-state index contributed by atoms with van der Waals surface area (Å²) in [6.07, 6.45) is 3.04. The molecule has 1 saturated carbocycles. The topological polar surface area (TPSA) is 75.9 Å². The lowest BCUT2D eigenvalue weighted by Gasteiger charge is -2.21. The average molecular weight is 311 g/mol. The Morgan fingerprint density at radius 3 is 2.91 bits per heavy atom. The molecule has 6 heteroatoms. The molecule has 2 heterocycles. The van der Waals surface area contributed by atoms with E-state index in [0.717, 1.165) is 28.4 Å². The Balaban J connectivity index is 1.75. The molecule has 0 spiro atoms. The van der Waals surface area contributed by atoms with Gasteiger partial charge in [0, 0.05) is 23.2 Å². The molecule has 0 bridgehead atoms. The van der Waals surface area contributed by atoms with Crippen molar-refractivity contribution in [1.82, 2.24) is 9.88 Å². The molecule has 0 radical (unpaired) electrons. The zero-order chi connectivity index (χ0) is 16.0. The van der Waals surface area contributed by atoms with Gasteiger partial charge in [-0.25, -0.2) is 14.4 Å². The van der Waals surface area contributed by atoms with Crippen molar-refractivity contribution in [3.05, 3.63) is 42.1 Å². The van der Waals surface area contributed by atoms with E-state index in [2.05, 4.69) is 17.2 Å². The van der Waals surface area contributed by atoms with Gasteiger partial charge in [-0.3, -0.25) is 0 Å². The number of aromatic nitrogens is 1. The summed E-state index contributed by atoms with van der Waals surface area (Å²) in [4.78, 5) is 16.0. The third-order valence-corrected chi connectivity index (χ3v) is 4.51. The highest BCUT2D eigenvalue weighted by Crippen LogP contribution is 2.52. The summed E-state index contributed by atoms with van der Waals surface area (Å²) < 4.78 is 7.10. The monoisotopic (exact) mass is 311 g/mol. The third kappa shape index (κ3) is 2.27. The molecule has 1 fully saturated rings. The van der Waals surface area contributed by atoms with Crippen LogP contribution < -0.4 is 10.1 Å². The van der Waals surface area contributed by atoms with Crippen molar-refractivity contribution in [1.29, 1.82) is 0 Å². The highest BCUT2D eigenvalue weighted by Gasteiger charge is 2.44. The van der Waals surface area contributed by atoms with Gasteiger partial charge in [0.25, 0.3) is 0 Å². The highest BCUT2D eigenvalue weighted by atomic mass is 16.5. The molecule has 2 aliphatic rings. The van der Waals surface area contributed by atoms with Gasteiger partial charge in [-0.15, -0.1) is 0 Å². The van der Waals surface area contributed by atoms with E-state index in [4.69, 9.17) is 4.74 Å². The lowest BCUT2D eigenvalue weighted by atomic mass is 9.98. The van der Waals surface area contributed by atoms with Gasteiger partial charge in [0.05, 0.1) is 5.52 Å². The van der Waals surface area contributed by atoms with Crippen molar-refractivity contribution in [3.8, 4) is 5.88 Å². The first-order valence-corrected chi connectivity index (χ1v) is 7.59. The van der Waals surface area contributed by atoms with Crippen LogP contribution in [0.15, 0.2) is 47.1 Å². The minimum Gasteiger partial charge on any atom is -0.464 e. The molecule has 2 aromatic rings. The SMILES string of the molecule is CC1(C2=CNCN=C2Oc2cc3ccccc3n2C(=O)O)CC1. The molecule has 4 rings (SSSR count). The number of carboxylic acid groups (broad SMARTS) is 1. The van der Waals surface area contributed by atoms with Crippen LogP contribution in [-0.4, -0.2) is 28.3 Å². The highest BCUT2D eigenvalue weighted by molar-refractivity contribution is 5.99. The summed E-state index contributed by atoms with van der Waals surface area (Å²) in [5.74, 6) is 0.781. The first-order chi connectivity index (χ1) is 11.1. The second-order valence-corrected chi connectivity index (χ2v) is 6.21. The van der Waals surface area contributed by atoms with Crippen LogP contribution >= 0.6 is 0 Å². The standard InChI is InChI=1S/C17H17N3O3/c1-17(6-7-17)12-9-18-10-19-15(12)23-14-8-11-4-2-3-5-13(11)20(14)16(21)22/h2-5,8-9,18H,6-7,10H2,1H3,(H,21,22). The zero-order valence-corrected chi connectivity index (χ0v) is 12.7. The molecule has 1 aliphatic carbocycles. The van der Waals surface area contributed by atoms with Crippen LogP contribution in [0.5, 0.6) is 5.88 Å². The fraction of sp³-hybridized carbons (Fsp3) is 0.294. The summed E-state index contributed by atoms with van der Waals surface area (Å²) >= 11 is 0. The van der Waals surface area contributed by atoms with Crippen molar-refractivity contribution in [2.75, 3.05) is 6.67 Å². The fourth-order valence-corrected chi connectivity index (χ4v) is 2.89. The number of para-hydroxylation sites is 1. The molecule has 1 aliphatic heterocycles. The van der Waals surface area contributed by atoms with Crippen LogP contribution in [0.3, 0.4) is 0 Å². The zero-order valence-electron chi connectivity index (χ0n) is 12.7. The van der Waals surface area contributed by atoms with Crippen molar-refractivity contribution in [2.24, 2.45) is 10.4 Å². The van der Waals surface area contributed by atoms with E-state index < -0.39 is 6.09 Å². The van der Waals surface area contributed by atoms with E-state index in [-0.39, 0.29) is 11.3 Å². The van der Waals surface area contributed by atoms with Crippen LogP contribution in [0.25, 0.3) is 10.9 Å². The van der Waals surface area contributed by atoms with Crippen LogP contribution in [0, 0.1) is 5.41 Å². The molecule has 23 heavy (non-hydrogen) atoms. The Hall–Kier alpha value is -2.76. The number of aliphatic imine (C=N–C) groups is 1. The molecule has 2 N–H and O–H groups in total. The normalized spacial score (nSPS) is 18.8. The summed E-state index contributed by atoms with van der Waals surface area (Å²) in [6, 6.07) is 9.05. The van der Waals surface area contributed by atoms with E-state index in [1.807, 2.05) is 24.4 Å². The van der Waals surface area contributed by atoms with E-state index in [9.17, 15) is 9.90 Å². The predicted molar refractivity (Wildman–Crippen MR) is 86.9 cm³/mol. The maximum absolute atomic E-state index is 11.6. The van der Waals surface area contributed by atoms with Gasteiger partial charge in [-0.1, -0.05) is 25.1 Å². The predicted octanol–water partition coefficient (Wildman–Crippen LogP) is 3.19. The minimum atomic E-state index is -1.07. The Morgan fingerprint density at radius 2 is 2.17 bits per heavy atom. The number of benzene rings is 1. The number of nitrogens with zero attached hydrogens (tertiary/aromatic N) is 2. The van der Waals surface area contributed by atoms with Gasteiger partial charge in [0.15, 0.2) is 0 Å². The number of carbonyl (C=O) groups is 1. The number of hydrogen-bond donors (Lipinski definition) is 2. The molecular formula is C17H17N3O3. The molecule has 0 unspecified atom stereocenters. The first kappa shape index (κ1) is 13.9. The third-order valence-electron chi connectivity index (χ3n) is 4.51. The smallest absolute Gasteiger partial charge is 0.418 e. The summed E-state index contributed by atoms with van der Waals surface area (Å²) in [7, 11) is 0. The Morgan fingerprint density at radius 1 is 1.39 bits per heavy atom. The van der Waals surface area contributed by atoms with Gasteiger partial charge >= 0.3 is 6.09 Å². The van der Waals surface area contributed by atoms with Crippen molar-refractivity contribution in [2.45, 2.75) is 19.8 Å². The molecule has 0 atom stereocenters. The van der Waals surface area contributed by atoms with Gasteiger partial charge in [-0.05, 0) is 24.3 Å². The van der Waals surface area contributed by atoms with Crippen molar-refractivity contribution < 1.29 is 14.6 Å². The van der Waals surface area contributed by atoms with Gasteiger partial charge < -0.3 is 15.2 Å². The second kappa shape index (κ2) is 4.87. The molecule has 0 saturated heterocycles. The lowest BCUT2D eigenvalue weighted by molar-refractivity contribution is 0.195. The van der Waals surface area contributed by atoms with Crippen LogP contribution in [0.4, 0.5) is 4.79 Å². The van der Waals surface area contributed by atoms with Gasteiger partial charge in [-0.2, -0.15) is 0 Å². The van der Waals surface area contributed by atoms with Crippen LogP contribution in [0.1, 0.15) is 19.8 Å². The van der Waals surface area contributed by atoms with Gasteiger partial charge in [0.1, 0.15) is 6.67 Å². The molecule has 6 nitrogen and oxygen atoms in total. The number of rotatable bonds is 2. The number of fused-ring (bicyclic) bond motifs is 1. The molecule has 1 aromatic carbocycles. The molecular weight excluding hydrogens is 294 g/mol. The Bertz CT molecular complexity index is 859. The Kier molecular flexibility index (Phi) is 2.94. The molecule has 0 amide bonds. The first-order valence-electron chi connectivity index (χ1n) is 7.59. The molecule has 1 aromatic heterocycles. The molecule has 118 valence electrons. The number of hydrogen-bond acceptors (Lipinski definition) is 4. The summed E-state index contributed by atoms with van der Waals surface area (Å²) in [6.45, 7) is 2.60. The number of nitrogens with one attached hydrogen (secondary N) is 1. The fourth-order valence-electron chi connectivity index (χ4n) is 2.89. The summed E-state index contributed by atoms with van der Waals surface area (Å²) in [5, 5.41) is 13.5. The Labute approximate surface area is 133 Å². The van der Waals surface area contributed by atoms with Crippen LogP contribution in [0.2, 0.25) is 0 Å². The number of ether oxygens (including phenoxy) is 1. The quantitative estimate of drug-likeness (QED) is 0.893. The summed E-state index contributed by atoms with van der Waals surface area (Å²) in [5.41, 5.74) is 1.69. The maximum atomic E-state index is 11.6. The largest absolute Gasteiger partial charge is 0.464 e. The van der Waals surface area contributed by atoms with E-state index >= 15 is 0 Å². The van der Waals surface area contributed by atoms with Crippen molar-refractivity contribution >= 4 is 22.9 Å².